The molecule has 0 aliphatic rings. The van der Waals surface area contributed by atoms with E-state index in [1.165, 1.54) is 0 Å². The van der Waals surface area contributed by atoms with E-state index in [4.69, 9.17) is 61.4 Å². The molecule has 0 radical (unpaired) electrons. The highest BCUT2D eigenvalue weighted by molar-refractivity contribution is 6.48. The molecule has 0 spiro atoms. The first-order valence-corrected chi connectivity index (χ1v) is 5.89. The van der Waals surface area contributed by atoms with Crippen molar-refractivity contribution in [2.45, 2.75) is 21.5 Å². The minimum absolute atomic E-state index is 0.294. The lowest BCUT2D eigenvalue weighted by atomic mass is 10.3. The summed E-state index contributed by atoms with van der Waals surface area (Å²) in [5, 5.41) is 17.4. The highest BCUT2D eigenvalue weighted by Gasteiger charge is 2.24. The molecule has 0 rings (SSSR count). The van der Waals surface area contributed by atoms with Gasteiger partial charge in [-0.3, -0.25) is 0 Å². The van der Waals surface area contributed by atoms with Gasteiger partial charge in [-0.15, -0.1) is 0 Å². The first-order chi connectivity index (χ1) is 6.83. The number of halogens is 4. The Morgan fingerprint density at radius 1 is 0.800 bits per heavy atom. The maximum atomic E-state index is 8.72. The van der Waals surface area contributed by atoms with Crippen LogP contribution in [-0.4, -0.2) is 45.3 Å². The second-order valence-electron chi connectivity index (χ2n) is 3.14. The maximum Gasteiger partial charge on any atom is 0.143 e. The summed E-state index contributed by atoms with van der Waals surface area (Å²) < 4.78 is 2.81. The van der Waals surface area contributed by atoms with E-state index in [0.717, 1.165) is 0 Å². The number of aliphatic hydroxyl groups excluding tert-OH is 2. The average molecular weight is 300 g/mol. The SMILES string of the molecule is OCC(Cl)(Cl)CCOCCC(Cl)(Cl)CO. The summed E-state index contributed by atoms with van der Waals surface area (Å²) in [7, 11) is 0. The predicted molar refractivity (Wildman–Crippen MR) is 63.1 cm³/mol. The lowest BCUT2D eigenvalue weighted by molar-refractivity contribution is 0.113. The first-order valence-electron chi connectivity index (χ1n) is 4.38. The Labute approximate surface area is 109 Å². The van der Waals surface area contributed by atoms with Gasteiger partial charge in [0, 0.05) is 26.1 Å². The second-order valence-corrected chi connectivity index (χ2v) is 6.42. The van der Waals surface area contributed by atoms with E-state index >= 15 is 0 Å². The van der Waals surface area contributed by atoms with Gasteiger partial charge in [-0.1, -0.05) is 46.4 Å². The molecule has 0 saturated heterocycles. The molecular formula is C8H14Cl4O3. The summed E-state index contributed by atoms with van der Waals surface area (Å²) in [6, 6.07) is 0. The smallest absolute Gasteiger partial charge is 0.143 e. The number of hydrogen-bond acceptors (Lipinski definition) is 3. The van der Waals surface area contributed by atoms with E-state index in [-0.39, 0.29) is 13.2 Å². The van der Waals surface area contributed by atoms with Crippen LogP contribution in [0.2, 0.25) is 0 Å². The van der Waals surface area contributed by atoms with E-state index < -0.39 is 8.67 Å². The zero-order chi connectivity index (χ0) is 11.9. The van der Waals surface area contributed by atoms with Crippen LogP contribution < -0.4 is 0 Å². The minimum Gasteiger partial charge on any atom is -0.393 e. The van der Waals surface area contributed by atoms with Crippen molar-refractivity contribution in [2.75, 3.05) is 26.4 Å². The highest BCUT2D eigenvalue weighted by Crippen LogP contribution is 2.26. The van der Waals surface area contributed by atoms with Crippen molar-refractivity contribution >= 4 is 46.4 Å². The van der Waals surface area contributed by atoms with Crippen molar-refractivity contribution in [1.29, 1.82) is 0 Å². The van der Waals surface area contributed by atoms with E-state index in [2.05, 4.69) is 0 Å². The topological polar surface area (TPSA) is 49.7 Å². The summed E-state index contributed by atoms with van der Waals surface area (Å²) in [4.78, 5) is 0. The Morgan fingerprint density at radius 2 is 1.13 bits per heavy atom. The highest BCUT2D eigenvalue weighted by atomic mass is 35.5. The molecule has 0 aromatic rings. The van der Waals surface area contributed by atoms with Crippen LogP contribution in [0.3, 0.4) is 0 Å². The molecular weight excluding hydrogens is 286 g/mol. The number of alkyl halides is 4. The van der Waals surface area contributed by atoms with Gasteiger partial charge in [-0.25, -0.2) is 0 Å². The standard InChI is InChI=1S/C8H14Cl4O3/c9-7(10,5-13)1-3-15-4-2-8(11,12)6-14/h13-14H,1-6H2. The second kappa shape index (κ2) is 7.38. The predicted octanol–water partition coefficient (Wildman–Crippen LogP) is 2.12. The fourth-order valence-electron chi connectivity index (χ4n) is 0.703. The Balaban J connectivity index is 3.48. The molecule has 0 amide bonds. The molecule has 0 heterocycles. The van der Waals surface area contributed by atoms with Crippen molar-refractivity contribution in [3.8, 4) is 0 Å². The zero-order valence-corrected chi connectivity index (χ0v) is 11.1. The van der Waals surface area contributed by atoms with Gasteiger partial charge in [0.2, 0.25) is 0 Å². The van der Waals surface area contributed by atoms with Crippen LogP contribution in [0.1, 0.15) is 12.8 Å². The van der Waals surface area contributed by atoms with Crippen LogP contribution in [0.15, 0.2) is 0 Å². The van der Waals surface area contributed by atoms with E-state index in [0.29, 0.717) is 26.1 Å². The molecule has 0 fully saturated rings. The lowest BCUT2D eigenvalue weighted by Crippen LogP contribution is -2.23. The van der Waals surface area contributed by atoms with Gasteiger partial charge in [0.05, 0.1) is 13.2 Å². The van der Waals surface area contributed by atoms with Crippen molar-refractivity contribution in [1.82, 2.24) is 0 Å². The van der Waals surface area contributed by atoms with Crippen LogP contribution >= 0.6 is 46.4 Å². The average Bonchev–Trinajstić information content (AvgIpc) is 2.17. The van der Waals surface area contributed by atoms with Crippen LogP contribution in [0.25, 0.3) is 0 Å². The Bertz CT molecular complexity index is 157. The zero-order valence-electron chi connectivity index (χ0n) is 8.06. The summed E-state index contributed by atoms with van der Waals surface area (Å²) in [5.41, 5.74) is 0. The Morgan fingerprint density at radius 3 is 1.40 bits per heavy atom. The fourth-order valence-corrected chi connectivity index (χ4v) is 1.01. The van der Waals surface area contributed by atoms with E-state index in [1.807, 2.05) is 0 Å². The Hall–Kier alpha value is 1.04. The van der Waals surface area contributed by atoms with Crippen molar-refractivity contribution in [3.05, 3.63) is 0 Å². The molecule has 0 bridgehead atoms. The normalized spacial score (nSPS) is 13.2. The van der Waals surface area contributed by atoms with Crippen LogP contribution in [0, 0.1) is 0 Å². The van der Waals surface area contributed by atoms with Gasteiger partial charge in [0.1, 0.15) is 8.67 Å². The van der Waals surface area contributed by atoms with Crippen LogP contribution in [-0.2, 0) is 4.74 Å². The van der Waals surface area contributed by atoms with Crippen molar-refractivity contribution in [3.63, 3.8) is 0 Å². The third-order valence-corrected chi connectivity index (χ3v) is 2.92. The van der Waals surface area contributed by atoms with Gasteiger partial charge in [0.15, 0.2) is 0 Å². The molecule has 0 aromatic heterocycles. The molecule has 0 aromatic carbocycles. The van der Waals surface area contributed by atoms with Gasteiger partial charge in [-0.2, -0.15) is 0 Å². The van der Waals surface area contributed by atoms with Gasteiger partial charge in [-0.05, 0) is 0 Å². The van der Waals surface area contributed by atoms with E-state index in [9.17, 15) is 0 Å². The largest absolute Gasteiger partial charge is 0.393 e. The maximum absolute atomic E-state index is 8.72. The summed E-state index contributed by atoms with van der Waals surface area (Å²) in [6.45, 7) is -0.0676. The summed E-state index contributed by atoms with van der Waals surface area (Å²) in [6.07, 6.45) is 0.618. The molecule has 0 aliphatic heterocycles. The molecule has 15 heavy (non-hydrogen) atoms. The first kappa shape index (κ1) is 16.0. The summed E-state index contributed by atoms with van der Waals surface area (Å²) >= 11 is 22.6. The third kappa shape index (κ3) is 8.81. The molecule has 92 valence electrons. The molecule has 0 aliphatic carbocycles. The minimum atomic E-state index is -1.17. The number of hydrogen-bond donors (Lipinski definition) is 2. The monoisotopic (exact) mass is 298 g/mol. The molecule has 0 saturated carbocycles. The molecule has 3 nitrogen and oxygen atoms in total. The summed E-state index contributed by atoms with van der Waals surface area (Å²) in [5.74, 6) is 0. The number of ether oxygens (including phenoxy) is 1. The quantitative estimate of drug-likeness (QED) is 0.533. The molecule has 7 heteroatoms. The lowest BCUT2D eigenvalue weighted by Gasteiger charge is -2.18. The number of rotatable bonds is 8. The van der Waals surface area contributed by atoms with Crippen molar-refractivity contribution in [2.24, 2.45) is 0 Å². The molecule has 2 N–H and O–H groups in total. The van der Waals surface area contributed by atoms with Gasteiger partial charge in [0.25, 0.3) is 0 Å². The van der Waals surface area contributed by atoms with Crippen LogP contribution in [0.5, 0.6) is 0 Å². The fraction of sp³-hybridized carbons (Fsp3) is 1.00. The Kier molecular flexibility index (Phi) is 7.89. The van der Waals surface area contributed by atoms with E-state index in [1.54, 1.807) is 0 Å². The molecule has 0 atom stereocenters. The van der Waals surface area contributed by atoms with Gasteiger partial charge >= 0.3 is 0 Å². The molecule has 0 unspecified atom stereocenters. The van der Waals surface area contributed by atoms with Gasteiger partial charge < -0.3 is 14.9 Å². The number of aliphatic hydroxyl groups is 2. The third-order valence-electron chi connectivity index (χ3n) is 1.69. The van der Waals surface area contributed by atoms with Crippen molar-refractivity contribution < 1.29 is 14.9 Å². The van der Waals surface area contributed by atoms with Crippen LogP contribution in [0.4, 0.5) is 0 Å².